The number of carbonyl (C=O) groups excluding carboxylic acids is 1. The summed E-state index contributed by atoms with van der Waals surface area (Å²) in [6, 6.07) is 6.90. The molecule has 0 heterocycles. The average Bonchev–Trinajstić information content (AvgIpc) is 2.27. The zero-order chi connectivity index (χ0) is 13.8. The number of carbonyl (C=O) groups is 1. The van der Waals surface area contributed by atoms with E-state index >= 15 is 0 Å². The van der Waals surface area contributed by atoms with Crippen LogP contribution in [0, 0.1) is 0 Å². The van der Waals surface area contributed by atoms with Crippen molar-refractivity contribution in [1.29, 1.82) is 0 Å². The Balaban J connectivity index is 2.67. The number of hydrogen-bond acceptors (Lipinski definition) is 1. The van der Waals surface area contributed by atoms with Gasteiger partial charge in [0.05, 0.1) is 6.42 Å². The Labute approximate surface area is 104 Å². The molecule has 1 rings (SSSR count). The Hall–Kier alpha value is -1.58. The first-order valence-electron chi connectivity index (χ1n) is 5.67. The summed E-state index contributed by atoms with van der Waals surface area (Å²) in [6.07, 6.45) is -3.53. The zero-order valence-electron chi connectivity index (χ0n) is 10.3. The van der Waals surface area contributed by atoms with Crippen LogP contribution in [0.5, 0.6) is 0 Å². The van der Waals surface area contributed by atoms with Crippen LogP contribution in [0.4, 0.5) is 13.2 Å². The van der Waals surface area contributed by atoms with Gasteiger partial charge in [-0.2, -0.15) is 13.2 Å². The van der Waals surface area contributed by atoms with Gasteiger partial charge < -0.3 is 0 Å². The Kier molecular flexibility index (Phi) is 4.70. The van der Waals surface area contributed by atoms with Crippen LogP contribution in [0.1, 0.15) is 42.1 Å². The fourth-order valence-electron chi connectivity index (χ4n) is 1.43. The van der Waals surface area contributed by atoms with E-state index in [1.807, 2.05) is 26.0 Å². The third kappa shape index (κ3) is 4.73. The second-order valence-electron chi connectivity index (χ2n) is 4.36. The van der Waals surface area contributed by atoms with Crippen molar-refractivity contribution in [1.82, 2.24) is 0 Å². The fraction of sp³-hybridized carbons (Fsp3) is 0.357. The van der Waals surface area contributed by atoms with Crippen LogP contribution < -0.4 is 0 Å². The zero-order valence-corrected chi connectivity index (χ0v) is 10.3. The molecular formula is C14H15F3O. The molecule has 98 valence electrons. The molecule has 4 heteroatoms. The summed E-state index contributed by atoms with van der Waals surface area (Å²) in [5.41, 5.74) is 1.49. The maximum Gasteiger partial charge on any atom is 0.392 e. The molecule has 0 saturated heterocycles. The molecule has 0 unspecified atom stereocenters. The van der Waals surface area contributed by atoms with E-state index < -0.39 is 18.4 Å². The van der Waals surface area contributed by atoms with Crippen LogP contribution in [0.25, 0.3) is 0 Å². The lowest BCUT2D eigenvalue weighted by Crippen LogP contribution is -2.05. The molecule has 18 heavy (non-hydrogen) atoms. The van der Waals surface area contributed by atoms with Crippen LogP contribution in [0.3, 0.4) is 0 Å². The van der Waals surface area contributed by atoms with E-state index in [9.17, 15) is 18.0 Å². The highest BCUT2D eigenvalue weighted by atomic mass is 19.4. The van der Waals surface area contributed by atoms with Gasteiger partial charge in [-0.05, 0) is 17.6 Å². The number of alkyl halides is 3. The van der Waals surface area contributed by atoms with Crippen LogP contribution >= 0.6 is 0 Å². The molecule has 0 aromatic heterocycles. The lowest BCUT2D eigenvalue weighted by molar-refractivity contribution is -0.125. The van der Waals surface area contributed by atoms with Gasteiger partial charge >= 0.3 is 6.18 Å². The largest absolute Gasteiger partial charge is 0.392 e. The second-order valence-corrected chi connectivity index (χ2v) is 4.36. The van der Waals surface area contributed by atoms with Crippen molar-refractivity contribution in [2.75, 3.05) is 0 Å². The summed E-state index contributed by atoms with van der Waals surface area (Å²) in [5.74, 6) is -0.0514. The SMILES string of the molecule is CC(C)c1ccc(C(=O)/C=C/CC(F)(F)F)cc1. The number of ketones is 1. The maximum atomic E-state index is 11.9. The molecule has 0 amide bonds. The molecule has 0 radical (unpaired) electrons. The van der Waals surface area contributed by atoms with Gasteiger partial charge in [0.2, 0.25) is 0 Å². The molecule has 1 aromatic rings. The van der Waals surface area contributed by atoms with Crippen LogP contribution in [-0.2, 0) is 0 Å². The minimum Gasteiger partial charge on any atom is -0.289 e. The molecule has 0 spiro atoms. The number of rotatable bonds is 4. The van der Waals surface area contributed by atoms with E-state index in [2.05, 4.69) is 0 Å². The molecule has 1 aromatic carbocycles. The van der Waals surface area contributed by atoms with Crippen molar-refractivity contribution in [3.8, 4) is 0 Å². The molecule has 1 nitrogen and oxygen atoms in total. The Bertz CT molecular complexity index is 427. The Morgan fingerprint density at radius 2 is 1.78 bits per heavy atom. The third-order valence-corrected chi connectivity index (χ3v) is 2.48. The van der Waals surface area contributed by atoms with Crippen molar-refractivity contribution in [3.63, 3.8) is 0 Å². The highest BCUT2D eigenvalue weighted by Gasteiger charge is 2.24. The number of halogens is 3. The second kappa shape index (κ2) is 5.85. The molecule has 0 bridgehead atoms. The predicted molar refractivity (Wildman–Crippen MR) is 64.7 cm³/mol. The van der Waals surface area contributed by atoms with Gasteiger partial charge in [-0.25, -0.2) is 0 Å². The van der Waals surface area contributed by atoms with Crippen LogP contribution in [0.2, 0.25) is 0 Å². The monoisotopic (exact) mass is 256 g/mol. The van der Waals surface area contributed by atoms with Crippen molar-refractivity contribution < 1.29 is 18.0 Å². The molecule has 0 fully saturated rings. The number of allylic oxidation sites excluding steroid dienone is 2. The van der Waals surface area contributed by atoms with E-state index in [4.69, 9.17) is 0 Å². The lowest BCUT2D eigenvalue weighted by Gasteiger charge is -2.05. The smallest absolute Gasteiger partial charge is 0.289 e. The van der Waals surface area contributed by atoms with E-state index in [0.717, 1.165) is 17.7 Å². The summed E-state index contributed by atoms with van der Waals surface area (Å²) in [7, 11) is 0. The predicted octanol–water partition coefficient (Wildman–Crippen LogP) is 4.50. The van der Waals surface area contributed by atoms with Gasteiger partial charge in [0.1, 0.15) is 0 Å². The third-order valence-electron chi connectivity index (χ3n) is 2.48. The lowest BCUT2D eigenvalue weighted by atomic mass is 10.0. The summed E-state index contributed by atoms with van der Waals surface area (Å²) in [4.78, 5) is 11.6. The van der Waals surface area contributed by atoms with Crippen LogP contribution in [-0.4, -0.2) is 12.0 Å². The van der Waals surface area contributed by atoms with E-state index in [-0.39, 0.29) is 0 Å². The van der Waals surface area contributed by atoms with E-state index in [1.165, 1.54) is 0 Å². The minimum absolute atomic E-state index is 0.356. The van der Waals surface area contributed by atoms with Gasteiger partial charge in [0, 0.05) is 5.56 Å². The molecule has 0 aliphatic heterocycles. The van der Waals surface area contributed by atoms with Gasteiger partial charge in [0.25, 0.3) is 0 Å². The molecule has 0 aliphatic rings. The topological polar surface area (TPSA) is 17.1 Å². The van der Waals surface area contributed by atoms with E-state index in [1.54, 1.807) is 12.1 Å². The maximum absolute atomic E-state index is 11.9. The quantitative estimate of drug-likeness (QED) is 0.572. The normalized spacial score (nSPS) is 12.3. The fourth-order valence-corrected chi connectivity index (χ4v) is 1.43. The van der Waals surface area contributed by atoms with Crippen molar-refractivity contribution >= 4 is 5.78 Å². The number of benzene rings is 1. The first kappa shape index (κ1) is 14.5. The van der Waals surface area contributed by atoms with Crippen molar-refractivity contribution in [3.05, 3.63) is 47.5 Å². The summed E-state index contributed by atoms with van der Waals surface area (Å²) < 4.78 is 35.7. The van der Waals surface area contributed by atoms with E-state index in [0.29, 0.717) is 11.5 Å². The molecule has 0 atom stereocenters. The van der Waals surface area contributed by atoms with Gasteiger partial charge in [-0.15, -0.1) is 0 Å². The molecule has 0 N–H and O–H groups in total. The molecular weight excluding hydrogens is 241 g/mol. The van der Waals surface area contributed by atoms with Gasteiger partial charge in [-0.3, -0.25) is 4.79 Å². The Morgan fingerprint density at radius 1 is 1.22 bits per heavy atom. The van der Waals surface area contributed by atoms with Gasteiger partial charge in [-0.1, -0.05) is 44.2 Å². The summed E-state index contributed by atoms with van der Waals surface area (Å²) in [6.45, 7) is 4.06. The minimum atomic E-state index is -4.27. The standard InChI is InChI=1S/C14H15F3O/c1-10(2)11-5-7-12(8-6-11)13(18)4-3-9-14(15,16)17/h3-8,10H,9H2,1-2H3/b4-3+. The molecule has 0 aliphatic carbocycles. The first-order chi connectivity index (χ1) is 8.29. The highest BCUT2D eigenvalue weighted by Crippen LogP contribution is 2.20. The average molecular weight is 256 g/mol. The molecule has 0 saturated carbocycles. The van der Waals surface area contributed by atoms with Crippen molar-refractivity contribution in [2.24, 2.45) is 0 Å². The summed E-state index contributed by atoms with van der Waals surface area (Å²) in [5, 5.41) is 0. The van der Waals surface area contributed by atoms with Gasteiger partial charge in [0.15, 0.2) is 5.78 Å². The highest BCUT2D eigenvalue weighted by molar-refractivity contribution is 6.04. The Morgan fingerprint density at radius 3 is 2.22 bits per heavy atom. The first-order valence-corrected chi connectivity index (χ1v) is 5.67. The van der Waals surface area contributed by atoms with Crippen LogP contribution in [0.15, 0.2) is 36.4 Å². The summed E-state index contributed by atoms with van der Waals surface area (Å²) >= 11 is 0. The number of hydrogen-bond donors (Lipinski definition) is 0. The van der Waals surface area contributed by atoms with Crippen molar-refractivity contribution in [2.45, 2.75) is 32.4 Å².